The van der Waals surface area contributed by atoms with Crippen molar-refractivity contribution in [3.8, 4) is 11.5 Å². The van der Waals surface area contributed by atoms with E-state index in [0.717, 1.165) is 23.3 Å². The number of aromatic hydroxyl groups is 1. The Hall–Kier alpha value is -2.24. The average Bonchev–Trinajstić information content (AvgIpc) is 2.57. The summed E-state index contributed by atoms with van der Waals surface area (Å²) in [5.74, 6) is 0.924. The zero-order chi connectivity index (χ0) is 17.3. The smallest absolute Gasteiger partial charge is 0.138 e. The molecule has 0 saturated heterocycles. The molecule has 2 atom stereocenters. The van der Waals surface area contributed by atoms with E-state index < -0.39 is 6.10 Å². The number of β-amino-alcohol motifs (C(OH)–C–C–N with tert-alkyl or cyclic N) is 1. The maximum absolute atomic E-state index is 10.4. The molecule has 0 unspecified atom stereocenters. The molecule has 0 radical (unpaired) electrons. The Morgan fingerprint density at radius 3 is 2.67 bits per heavy atom. The molecule has 0 aliphatic carbocycles. The van der Waals surface area contributed by atoms with E-state index in [1.165, 1.54) is 5.56 Å². The number of aliphatic hydroxyl groups excluding tert-OH is 1. The molecule has 1 aliphatic heterocycles. The van der Waals surface area contributed by atoms with Gasteiger partial charge in [-0.1, -0.05) is 12.1 Å². The van der Waals surface area contributed by atoms with E-state index in [4.69, 9.17) is 10.5 Å². The minimum absolute atomic E-state index is 0.0746. The zero-order valence-electron chi connectivity index (χ0n) is 14.1. The Labute approximate surface area is 142 Å². The normalized spacial score (nSPS) is 18.9. The molecule has 0 aromatic heterocycles. The third kappa shape index (κ3) is 3.32. The SMILES string of the molecule is COc1ccc(C[C@@H](C)N2Cc3cc(O)c(N)cc3[C@@H](O)C2)cc1. The second kappa shape index (κ2) is 6.71. The Morgan fingerprint density at radius 1 is 1.29 bits per heavy atom. The number of fused-ring (bicyclic) bond motifs is 1. The van der Waals surface area contributed by atoms with Crippen molar-refractivity contribution in [2.24, 2.45) is 0 Å². The van der Waals surface area contributed by atoms with Crippen LogP contribution in [-0.4, -0.2) is 34.8 Å². The summed E-state index contributed by atoms with van der Waals surface area (Å²) in [5, 5.41) is 20.3. The van der Waals surface area contributed by atoms with Crippen LogP contribution >= 0.6 is 0 Å². The van der Waals surface area contributed by atoms with E-state index >= 15 is 0 Å². The molecule has 0 bridgehead atoms. The molecule has 0 saturated carbocycles. The van der Waals surface area contributed by atoms with Crippen molar-refractivity contribution in [2.45, 2.75) is 32.0 Å². The molecule has 5 heteroatoms. The van der Waals surface area contributed by atoms with E-state index in [1.807, 2.05) is 12.1 Å². The molecular formula is C19H24N2O3. The molecule has 3 rings (SSSR count). The Morgan fingerprint density at radius 2 is 2.00 bits per heavy atom. The Kier molecular flexibility index (Phi) is 4.64. The highest BCUT2D eigenvalue weighted by molar-refractivity contribution is 5.57. The lowest BCUT2D eigenvalue weighted by Crippen LogP contribution is -2.40. The van der Waals surface area contributed by atoms with Gasteiger partial charge in [0.2, 0.25) is 0 Å². The maximum atomic E-state index is 10.4. The van der Waals surface area contributed by atoms with Gasteiger partial charge < -0.3 is 20.7 Å². The lowest BCUT2D eigenvalue weighted by Gasteiger charge is -2.36. The van der Waals surface area contributed by atoms with E-state index in [2.05, 4.69) is 24.0 Å². The first-order valence-electron chi connectivity index (χ1n) is 8.14. The summed E-state index contributed by atoms with van der Waals surface area (Å²) in [4.78, 5) is 2.23. The fourth-order valence-corrected chi connectivity index (χ4v) is 3.28. The van der Waals surface area contributed by atoms with Gasteiger partial charge >= 0.3 is 0 Å². The molecule has 24 heavy (non-hydrogen) atoms. The van der Waals surface area contributed by atoms with E-state index in [-0.39, 0.29) is 11.8 Å². The molecular weight excluding hydrogens is 304 g/mol. The fourth-order valence-electron chi connectivity index (χ4n) is 3.28. The van der Waals surface area contributed by atoms with Gasteiger partial charge in [-0.25, -0.2) is 0 Å². The van der Waals surface area contributed by atoms with Crippen LogP contribution in [-0.2, 0) is 13.0 Å². The highest BCUT2D eigenvalue weighted by atomic mass is 16.5. The van der Waals surface area contributed by atoms with Crippen molar-refractivity contribution in [3.05, 3.63) is 53.1 Å². The van der Waals surface area contributed by atoms with Crippen LogP contribution in [0.1, 0.15) is 29.7 Å². The van der Waals surface area contributed by atoms with E-state index in [1.54, 1.807) is 19.2 Å². The van der Waals surface area contributed by atoms with Gasteiger partial charge in [-0.2, -0.15) is 0 Å². The van der Waals surface area contributed by atoms with Crippen LogP contribution in [0.2, 0.25) is 0 Å². The first-order valence-corrected chi connectivity index (χ1v) is 8.14. The van der Waals surface area contributed by atoms with E-state index in [0.29, 0.717) is 18.8 Å². The second-order valence-electron chi connectivity index (χ2n) is 6.46. The topological polar surface area (TPSA) is 79.0 Å². The molecule has 0 fully saturated rings. The number of nitrogen functional groups attached to an aromatic ring is 1. The van der Waals surface area contributed by atoms with Crippen molar-refractivity contribution in [1.82, 2.24) is 4.90 Å². The maximum Gasteiger partial charge on any atom is 0.138 e. The van der Waals surface area contributed by atoms with Gasteiger partial charge in [0.05, 0.1) is 18.9 Å². The molecule has 5 nitrogen and oxygen atoms in total. The number of methoxy groups -OCH3 is 1. The predicted octanol–water partition coefficient (Wildman–Crippen LogP) is 2.46. The number of nitrogens with two attached hydrogens (primary N) is 1. The minimum atomic E-state index is -0.588. The monoisotopic (exact) mass is 328 g/mol. The molecule has 2 aromatic rings. The van der Waals surface area contributed by atoms with Gasteiger partial charge in [0.25, 0.3) is 0 Å². The largest absolute Gasteiger partial charge is 0.506 e. The number of ether oxygens (including phenoxy) is 1. The number of nitrogens with zero attached hydrogens (tertiary/aromatic N) is 1. The quantitative estimate of drug-likeness (QED) is 0.593. The molecule has 1 heterocycles. The molecule has 0 spiro atoms. The van der Waals surface area contributed by atoms with Gasteiger partial charge in [0.15, 0.2) is 0 Å². The average molecular weight is 328 g/mol. The van der Waals surface area contributed by atoms with Crippen LogP contribution in [0.5, 0.6) is 11.5 Å². The molecule has 2 aromatic carbocycles. The standard InChI is InChI=1S/C19H24N2O3/c1-12(7-13-3-5-15(24-2)6-4-13)21-10-14-8-18(22)17(20)9-16(14)19(23)11-21/h3-6,8-9,12,19,22-23H,7,10-11,20H2,1-2H3/t12-,19+/m1/s1. The van der Waals surface area contributed by atoms with Crippen LogP contribution < -0.4 is 10.5 Å². The van der Waals surface area contributed by atoms with Crippen LogP contribution in [0.3, 0.4) is 0 Å². The van der Waals surface area contributed by atoms with Crippen LogP contribution in [0.25, 0.3) is 0 Å². The van der Waals surface area contributed by atoms with Gasteiger partial charge in [-0.15, -0.1) is 0 Å². The first-order chi connectivity index (χ1) is 11.5. The number of hydrogen-bond donors (Lipinski definition) is 3. The number of rotatable bonds is 4. The number of anilines is 1. The Bertz CT molecular complexity index is 715. The number of phenols is 1. The van der Waals surface area contributed by atoms with Crippen LogP contribution in [0.15, 0.2) is 36.4 Å². The van der Waals surface area contributed by atoms with Crippen LogP contribution in [0.4, 0.5) is 5.69 Å². The lowest BCUT2D eigenvalue weighted by molar-refractivity contribution is 0.0696. The zero-order valence-corrected chi connectivity index (χ0v) is 14.1. The third-order valence-electron chi connectivity index (χ3n) is 4.74. The minimum Gasteiger partial charge on any atom is -0.506 e. The first kappa shape index (κ1) is 16.6. The van der Waals surface area contributed by atoms with Gasteiger partial charge in [0.1, 0.15) is 11.5 Å². The van der Waals surface area contributed by atoms with Crippen molar-refractivity contribution in [1.29, 1.82) is 0 Å². The summed E-state index contributed by atoms with van der Waals surface area (Å²) in [6.45, 7) is 3.41. The number of aliphatic hydroxyl groups is 1. The summed E-state index contributed by atoms with van der Waals surface area (Å²) in [7, 11) is 1.66. The number of benzene rings is 2. The third-order valence-corrected chi connectivity index (χ3v) is 4.74. The van der Waals surface area contributed by atoms with Gasteiger partial charge in [0, 0.05) is 19.1 Å². The summed E-state index contributed by atoms with van der Waals surface area (Å²) in [5.41, 5.74) is 9.03. The number of phenolic OH excluding ortho intramolecular Hbond substituents is 1. The second-order valence-corrected chi connectivity index (χ2v) is 6.46. The van der Waals surface area contributed by atoms with Gasteiger partial charge in [-0.05, 0) is 54.3 Å². The molecule has 0 amide bonds. The van der Waals surface area contributed by atoms with Crippen molar-refractivity contribution >= 4 is 5.69 Å². The molecule has 1 aliphatic rings. The van der Waals surface area contributed by atoms with Crippen molar-refractivity contribution < 1.29 is 14.9 Å². The molecule has 128 valence electrons. The Balaban J connectivity index is 1.73. The van der Waals surface area contributed by atoms with Crippen LogP contribution in [0, 0.1) is 0 Å². The van der Waals surface area contributed by atoms with E-state index in [9.17, 15) is 10.2 Å². The highest BCUT2D eigenvalue weighted by Crippen LogP contribution is 2.34. The highest BCUT2D eigenvalue weighted by Gasteiger charge is 2.27. The fraction of sp³-hybridized carbons (Fsp3) is 0.368. The number of hydrogen-bond acceptors (Lipinski definition) is 5. The predicted molar refractivity (Wildman–Crippen MR) is 94.0 cm³/mol. The lowest BCUT2D eigenvalue weighted by atomic mass is 9.94. The van der Waals surface area contributed by atoms with Crippen molar-refractivity contribution in [3.63, 3.8) is 0 Å². The molecule has 4 N–H and O–H groups in total. The summed E-state index contributed by atoms with van der Waals surface area (Å²) in [6, 6.07) is 11.7. The summed E-state index contributed by atoms with van der Waals surface area (Å²) >= 11 is 0. The van der Waals surface area contributed by atoms with Gasteiger partial charge in [-0.3, -0.25) is 4.90 Å². The van der Waals surface area contributed by atoms with Crippen molar-refractivity contribution in [2.75, 3.05) is 19.4 Å². The summed E-state index contributed by atoms with van der Waals surface area (Å²) in [6.07, 6.45) is 0.294. The summed E-state index contributed by atoms with van der Waals surface area (Å²) < 4.78 is 5.19.